The van der Waals surface area contributed by atoms with Gasteiger partial charge in [-0.25, -0.2) is 0 Å². The first-order valence-corrected chi connectivity index (χ1v) is 34.6. The average Bonchev–Trinajstić information content (AvgIpc) is 3.17. The van der Waals surface area contributed by atoms with Gasteiger partial charge in [0.05, 0.1) is 12.3 Å². The van der Waals surface area contributed by atoms with E-state index in [0.717, 1.165) is 0 Å². The van der Waals surface area contributed by atoms with Gasteiger partial charge in [0.2, 0.25) is 0 Å². The molecule has 0 N–H and O–H groups in total. The number of hydrogen-bond donors (Lipinski definition) is 0. The third kappa shape index (κ3) is 16.9. The molecule has 0 atom stereocenters. The van der Waals surface area contributed by atoms with E-state index in [1.807, 2.05) is 0 Å². The van der Waals surface area contributed by atoms with E-state index in [9.17, 15) is 0 Å². The van der Waals surface area contributed by atoms with Crippen LogP contribution in [0.3, 0.4) is 0 Å². The first-order valence-electron chi connectivity index (χ1n) is 17.7. The van der Waals surface area contributed by atoms with Crippen LogP contribution in [0.2, 0.25) is 0 Å². The third-order valence-corrected chi connectivity index (χ3v) is 18.1. The Balaban J connectivity index is 0.000000242. The summed E-state index contributed by atoms with van der Waals surface area (Å²) in [4.78, 5) is 0. The fraction of sp³-hybridized carbons (Fsp3) is 0.182. The van der Waals surface area contributed by atoms with Crippen molar-refractivity contribution in [3.63, 3.8) is 0 Å². The van der Waals surface area contributed by atoms with Gasteiger partial charge in [-0.1, -0.05) is 137 Å². The van der Waals surface area contributed by atoms with Gasteiger partial charge in [0, 0.05) is 0 Å². The SMILES string of the molecule is CC(C)C[P+](c1ccccc1)(c1ccccc1)c1ccccc1.CC(C)C[P+](c1ccccc1)(c1ccccc1)c1ccccc1.[Cl][Mn-]([Cl])([Cl])[Cl].[Cl][Mn-]([Cl])([Cl])[Cl]. The van der Waals surface area contributed by atoms with Crippen molar-refractivity contribution in [3.8, 4) is 0 Å². The molecule has 0 unspecified atom stereocenters. The molecule has 12 heteroatoms. The van der Waals surface area contributed by atoms with Gasteiger partial charge in [-0.2, -0.15) is 0 Å². The molecule has 6 aromatic rings. The van der Waals surface area contributed by atoms with Crippen LogP contribution in [0.4, 0.5) is 0 Å². The molecule has 0 spiro atoms. The molecule has 0 saturated carbocycles. The molecule has 0 aliphatic rings. The van der Waals surface area contributed by atoms with Gasteiger partial charge < -0.3 is 0 Å². The molecule has 0 saturated heterocycles. The molecule has 304 valence electrons. The van der Waals surface area contributed by atoms with E-state index in [1.165, 1.54) is 44.2 Å². The van der Waals surface area contributed by atoms with E-state index in [-0.39, 0.29) is 0 Å². The standard InChI is InChI=1S/2C22H24P.8ClH.2Mn/c2*1-19(2)18-23(20-12-6-3-7-13-20,21-14-8-4-9-15-21)22-16-10-5-11-17-22;;;;;;;;;;/h2*3-17,19H,18H2,1-2H3;8*1H;;/q2*+1;;;;;;;;;2*+3/p-8. The molecule has 0 amide bonds. The third-order valence-electron chi connectivity index (χ3n) is 8.46. The molecule has 0 fully saturated rings. The summed E-state index contributed by atoms with van der Waals surface area (Å²) in [6.07, 6.45) is 2.40. The van der Waals surface area contributed by atoms with E-state index < -0.39 is 32.9 Å². The van der Waals surface area contributed by atoms with Crippen LogP contribution in [0, 0.1) is 11.8 Å². The van der Waals surface area contributed by atoms with Crippen LogP contribution in [0.5, 0.6) is 0 Å². The maximum atomic E-state index is 4.97. The second-order valence-corrected chi connectivity index (χ2v) is 43.9. The molecule has 0 heterocycles. The fourth-order valence-electron chi connectivity index (χ4n) is 6.72. The topological polar surface area (TPSA) is 0 Å². The minimum absolute atomic E-state index is 0.643. The Kier molecular flexibility index (Phi) is 22.0. The number of rotatable bonds is 10. The van der Waals surface area contributed by atoms with Crippen LogP contribution in [-0.4, -0.2) is 12.3 Å². The maximum absolute atomic E-state index is 4.97. The first-order chi connectivity index (χ1) is 26.5. The van der Waals surface area contributed by atoms with Gasteiger partial charge in [-0.05, 0) is 84.6 Å². The van der Waals surface area contributed by atoms with E-state index >= 15 is 0 Å². The van der Waals surface area contributed by atoms with Crippen molar-refractivity contribution in [1.82, 2.24) is 0 Å². The second-order valence-electron chi connectivity index (χ2n) is 13.4. The molecular weight excluding hydrogens is 984 g/mol. The van der Waals surface area contributed by atoms with E-state index in [2.05, 4.69) is 210 Å². The number of hydrogen-bond acceptors (Lipinski definition) is 0. The van der Waals surface area contributed by atoms with Gasteiger partial charge in [-0.3, -0.25) is 0 Å². The summed E-state index contributed by atoms with van der Waals surface area (Å²) in [5.74, 6) is 1.29. The zero-order chi connectivity index (χ0) is 41.2. The van der Waals surface area contributed by atoms with Gasteiger partial charge in [0.15, 0.2) is 0 Å². The van der Waals surface area contributed by atoms with Crippen LogP contribution in [0.15, 0.2) is 182 Å². The van der Waals surface area contributed by atoms with Crippen molar-refractivity contribution in [1.29, 1.82) is 0 Å². The summed E-state index contributed by atoms with van der Waals surface area (Å²) in [6, 6.07) is 66.6. The minimum atomic E-state index is -2.74. The van der Waals surface area contributed by atoms with Crippen molar-refractivity contribution in [3.05, 3.63) is 182 Å². The summed E-state index contributed by atoms with van der Waals surface area (Å²) in [7, 11) is 31.0. The number of benzene rings is 6. The Bertz CT molecular complexity index is 1580. The van der Waals surface area contributed by atoms with Crippen molar-refractivity contribution < 1.29 is 18.4 Å². The zero-order valence-electron chi connectivity index (χ0n) is 31.6. The summed E-state index contributed by atoms with van der Waals surface area (Å²) < 4.78 is 0. The molecule has 0 nitrogen and oxygen atoms in total. The Hall–Kier alpha value is -0.461. The van der Waals surface area contributed by atoms with Gasteiger partial charge in [0.1, 0.15) is 46.4 Å². The van der Waals surface area contributed by atoms with Crippen LogP contribution in [0.25, 0.3) is 0 Å². The Morgan fingerprint density at radius 1 is 0.304 bits per heavy atom. The Labute approximate surface area is 375 Å². The predicted octanol–water partition coefficient (Wildman–Crippen LogP) is 14.8. The van der Waals surface area contributed by atoms with Gasteiger partial charge in [0.25, 0.3) is 0 Å². The molecule has 0 bridgehead atoms. The van der Waals surface area contributed by atoms with Gasteiger partial charge >= 0.3 is 99.2 Å². The Morgan fingerprint density at radius 2 is 0.429 bits per heavy atom. The van der Waals surface area contributed by atoms with Crippen molar-refractivity contribution in [2.45, 2.75) is 27.7 Å². The second kappa shape index (κ2) is 24.7. The predicted molar refractivity (Wildman–Crippen MR) is 257 cm³/mol. The molecule has 6 aromatic carbocycles. The molecule has 0 radical (unpaired) electrons. The molecular formula is C44H48Cl8Mn2P2. The number of halogens is 8. The van der Waals surface area contributed by atoms with Gasteiger partial charge in [-0.15, -0.1) is 0 Å². The van der Waals surface area contributed by atoms with E-state index in [1.54, 1.807) is 0 Å². The van der Waals surface area contributed by atoms with Crippen molar-refractivity contribution >= 4 is 127 Å². The fourth-order valence-corrected chi connectivity index (χ4v) is 16.0. The normalized spacial score (nSPS) is 12.2. The van der Waals surface area contributed by atoms with Crippen LogP contribution >= 0.6 is 95.3 Å². The van der Waals surface area contributed by atoms with Crippen LogP contribution in [-0.2, 0) is 18.4 Å². The zero-order valence-corrected chi connectivity index (χ0v) is 41.8. The van der Waals surface area contributed by atoms with Crippen molar-refractivity contribution in [2.24, 2.45) is 11.8 Å². The Morgan fingerprint density at radius 3 is 0.536 bits per heavy atom. The van der Waals surface area contributed by atoms with E-state index in [0.29, 0.717) is 11.8 Å². The summed E-state index contributed by atoms with van der Waals surface area (Å²) >= 11 is 0. The molecule has 0 aliphatic heterocycles. The quantitative estimate of drug-likeness (QED) is 0.0947. The molecule has 6 rings (SSSR count). The summed E-state index contributed by atoms with van der Waals surface area (Å²) in [5.41, 5.74) is 0. The van der Waals surface area contributed by atoms with E-state index in [4.69, 9.17) is 80.8 Å². The summed E-state index contributed by atoms with van der Waals surface area (Å²) in [6.45, 7) is 9.35. The molecule has 0 aromatic heterocycles. The monoisotopic (exact) mass is 1030 g/mol. The van der Waals surface area contributed by atoms with Crippen LogP contribution in [0.1, 0.15) is 27.7 Å². The average molecular weight is 1030 g/mol. The summed E-state index contributed by atoms with van der Waals surface area (Å²) in [5, 5.41) is 8.87. The van der Waals surface area contributed by atoms with Crippen molar-refractivity contribution in [2.75, 3.05) is 12.3 Å². The van der Waals surface area contributed by atoms with Crippen LogP contribution < -0.4 is 31.8 Å². The molecule has 0 aliphatic carbocycles. The molecule has 56 heavy (non-hydrogen) atoms. The first kappa shape index (κ1) is 49.9.